The van der Waals surface area contributed by atoms with Crippen LogP contribution in [0.2, 0.25) is 0 Å². The molecule has 0 bridgehead atoms. The fourth-order valence-electron chi connectivity index (χ4n) is 2.23. The third-order valence-electron chi connectivity index (χ3n) is 2.97. The third kappa shape index (κ3) is 1.53. The van der Waals surface area contributed by atoms with E-state index in [1.165, 1.54) is 6.07 Å². The molecule has 1 aromatic heterocycles. The monoisotopic (exact) mass is 217 g/mol. The van der Waals surface area contributed by atoms with Crippen LogP contribution in [0, 0.1) is 5.82 Å². The van der Waals surface area contributed by atoms with Crippen molar-refractivity contribution in [2.75, 3.05) is 6.54 Å². The number of halogens is 1. The van der Waals surface area contributed by atoms with E-state index in [4.69, 9.17) is 4.42 Å². The summed E-state index contributed by atoms with van der Waals surface area (Å²) in [6.07, 6.45) is 2.60. The number of rotatable bonds is 1. The van der Waals surface area contributed by atoms with Crippen LogP contribution in [0.1, 0.15) is 22.9 Å². The molecular weight excluding hydrogens is 205 g/mol. The average Bonchev–Trinajstić information content (AvgIpc) is 2.76. The molecule has 3 rings (SSSR count). The summed E-state index contributed by atoms with van der Waals surface area (Å²) >= 11 is 0. The van der Waals surface area contributed by atoms with Crippen LogP contribution in [0.25, 0.3) is 0 Å². The molecule has 0 saturated heterocycles. The summed E-state index contributed by atoms with van der Waals surface area (Å²) in [4.78, 5) is 0. The van der Waals surface area contributed by atoms with E-state index in [9.17, 15) is 4.39 Å². The Hall–Kier alpha value is -1.61. The average molecular weight is 217 g/mol. The van der Waals surface area contributed by atoms with Crippen molar-refractivity contribution in [1.82, 2.24) is 5.32 Å². The summed E-state index contributed by atoms with van der Waals surface area (Å²) in [5, 5.41) is 3.38. The molecular formula is C13H12FNO. The molecule has 82 valence electrons. The Kier molecular flexibility index (Phi) is 2.26. The van der Waals surface area contributed by atoms with E-state index >= 15 is 0 Å². The van der Waals surface area contributed by atoms with Crippen molar-refractivity contribution in [3.05, 3.63) is 59.3 Å². The van der Waals surface area contributed by atoms with Crippen molar-refractivity contribution in [2.24, 2.45) is 0 Å². The lowest BCUT2D eigenvalue weighted by molar-refractivity contribution is 0.455. The highest BCUT2D eigenvalue weighted by molar-refractivity contribution is 5.35. The second-order valence-electron chi connectivity index (χ2n) is 3.99. The fourth-order valence-corrected chi connectivity index (χ4v) is 2.23. The maximum Gasteiger partial charge on any atom is 0.123 e. The van der Waals surface area contributed by atoms with Crippen molar-refractivity contribution in [1.29, 1.82) is 0 Å². The van der Waals surface area contributed by atoms with Crippen LogP contribution in [0.15, 0.2) is 41.0 Å². The first kappa shape index (κ1) is 9.60. The lowest BCUT2D eigenvalue weighted by atomic mass is 9.95. The normalized spacial score (nSPS) is 19.4. The molecule has 1 aliphatic heterocycles. The van der Waals surface area contributed by atoms with Crippen LogP contribution < -0.4 is 5.32 Å². The Labute approximate surface area is 93.1 Å². The van der Waals surface area contributed by atoms with Crippen molar-refractivity contribution in [3.8, 4) is 0 Å². The second kappa shape index (κ2) is 3.76. The van der Waals surface area contributed by atoms with Crippen LogP contribution in [-0.4, -0.2) is 6.54 Å². The molecule has 1 aliphatic rings. The topological polar surface area (TPSA) is 25.2 Å². The number of nitrogens with one attached hydrogen (secondary N) is 1. The van der Waals surface area contributed by atoms with Crippen molar-refractivity contribution in [2.45, 2.75) is 12.5 Å². The zero-order chi connectivity index (χ0) is 11.0. The predicted octanol–water partition coefficient (Wildman–Crippen LogP) is 2.65. The van der Waals surface area contributed by atoms with Gasteiger partial charge in [-0.2, -0.15) is 0 Å². The van der Waals surface area contributed by atoms with Gasteiger partial charge in [0.2, 0.25) is 0 Å². The molecule has 0 radical (unpaired) electrons. The molecule has 1 aromatic carbocycles. The molecule has 0 amide bonds. The largest absolute Gasteiger partial charge is 0.469 e. The summed E-state index contributed by atoms with van der Waals surface area (Å²) in [7, 11) is 0. The van der Waals surface area contributed by atoms with Gasteiger partial charge in [0.05, 0.1) is 12.3 Å². The molecule has 0 fully saturated rings. The highest BCUT2D eigenvalue weighted by atomic mass is 19.1. The first-order chi connectivity index (χ1) is 7.84. The second-order valence-corrected chi connectivity index (χ2v) is 3.99. The standard InChI is InChI=1S/C13H12FNO/c14-10-3-1-2-9(8-10)13-11-5-7-16-12(11)4-6-15-13/h1-3,5,7-8,13,15H,4,6H2. The van der Waals surface area contributed by atoms with Gasteiger partial charge in [-0.15, -0.1) is 0 Å². The minimum Gasteiger partial charge on any atom is -0.469 e. The molecule has 2 aromatic rings. The smallest absolute Gasteiger partial charge is 0.123 e. The zero-order valence-electron chi connectivity index (χ0n) is 8.74. The number of benzene rings is 1. The van der Waals surface area contributed by atoms with Crippen LogP contribution in [0.4, 0.5) is 4.39 Å². The number of fused-ring (bicyclic) bond motifs is 1. The number of furan rings is 1. The fraction of sp³-hybridized carbons (Fsp3) is 0.231. The molecule has 2 heterocycles. The van der Waals surface area contributed by atoms with E-state index in [1.807, 2.05) is 12.1 Å². The summed E-state index contributed by atoms with van der Waals surface area (Å²) in [5.74, 6) is 0.808. The van der Waals surface area contributed by atoms with E-state index in [1.54, 1.807) is 18.4 Å². The number of hydrogen-bond donors (Lipinski definition) is 1. The van der Waals surface area contributed by atoms with E-state index in [2.05, 4.69) is 5.32 Å². The molecule has 0 saturated carbocycles. The Balaban J connectivity index is 2.04. The Morgan fingerprint density at radius 1 is 1.31 bits per heavy atom. The minimum absolute atomic E-state index is 0.0539. The minimum atomic E-state index is -0.199. The maximum absolute atomic E-state index is 13.2. The van der Waals surface area contributed by atoms with Crippen LogP contribution in [-0.2, 0) is 6.42 Å². The van der Waals surface area contributed by atoms with Gasteiger partial charge in [0, 0.05) is 18.5 Å². The van der Waals surface area contributed by atoms with Crippen LogP contribution in [0.5, 0.6) is 0 Å². The van der Waals surface area contributed by atoms with E-state index in [-0.39, 0.29) is 11.9 Å². The quantitative estimate of drug-likeness (QED) is 0.794. The Morgan fingerprint density at radius 3 is 3.12 bits per heavy atom. The Bertz CT molecular complexity index is 506. The van der Waals surface area contributed by atoms with Gasteiger partial charge in [0.25, 0.3) is 0 Å². The van der Waals surface area contributed by atoms with Crippen molar-refractivity contribution >= 4 is 0 Å². The van der Waals surface area contributed by atoms with Gasteiger partial charge in [0.1, 0.15) is 11.6 Å². The summed E-state index contributed by atoms with van der Waals surface area (Å²) < 4.78 is 18.6. The molecule has 2 nitrogen and oxygen atoms in total. The zero-order valence-corrected chi connectivity index (χ0v) is 8.74. The molecule has 1 atom stereocenters. The Morgan fingerprint density at radius 2 is 2.25 bits per heavy atom. The first-order valence-electron chi connectivity index (χ1n) is 5.40. The van der Waals surface area contributed by atoms with E-state index < -0.39 is 0 Å². The van der Waals surface area contributed by atoms with Gasteiger partial charge >= 0.3 is 0 Å². The van der Waals surface area contributed by atoms with Gasteiger partial charge in [-0.1, -0.05) is 12.1 Å². The molecule has 0 spiro atoms. The van der Waals surface area contributed by atoms with Gasteiger partial charge in [-0.25, -0.2) is 4.39 Å². The summed E-state index contributed by atoms with van der Waals surface area (Å²) in [5.41, 5.74) is 2.07. The summed E-state index contributed by atoms with van der Waals surface area (Å²) in [6, 6.07) is 8.71. The van der Waals surface area contributed by atoms with Crippen molar-refractivity contribution in [3.63, 3.8) is 0 Å². The van der Waals surface area contributed by atoms with Gasteiger partial charge in [0.15, 0.2) is 0 Å². The first-order valence-corrected chi connectivity index (χ1v) is 5.40. The highest BCUT2D eigenvalue weighted by Gasteiger charge is 2.23. The van der Waals surface area contributed by atoms with E-state index in [0.29, 0.717) is 0 Å². The highest BCUT2D eigenvalue weighted by Crippen LogP contribution is 2.29. The summed E-state index contributed by atoms with van der Waals surface area (Å²) in [6.45, 7) is 0.863. The van der Waals surface area contributed by atoms with Gasteiger partial charge in [-0.05, 0) is 23.8 Å². The van der Waals surface area contributed by atoms with Crippen molar-refractivity contribution < 1.29 is 8.81 Å². The molecule has 1 N–H and O–H groups in total. The van der Waals surface area contributed by atoms with E-state index in [0.717, 1.165) is 29.9 Å². The van der Waals surface area contributed by atoms with Crippen LogP contribution >= 0.6 is 0 Å². The molecule has 16 heavy (non-hydrogen) atoms. The molecule has 3 heteroatoms. The van der Waals surface area contributed by atoms with Crippen LogP contribution in [0.3, 0.4) is 0 Å². The lowest BCUT2D eigenvalue weighted by Gasteiger charge is -2.23. The maximum atomic E-state index is 13.2. The predicted molar refractivity (Wildman–Crippen MR) is 58.7 cm³/mol. The number of hydrogen-bond acceptors (Lipinski definition) is 2. The SMILES string of the molecule is Fc1cccc(C2NCCc3occc32)c1. The van der Waals surface area contributed by atoms with Gasteiger partial charge in [-0.3, -0.25) is 0 Å². The lowest BCUT2D eigenvalue weighted by Crippen LogP contribution is -2.29. The molecule has 1 unspecified atom stereocenters. The third-order valence-corrected chi connectivity index (χ3v) is 2.97. The molecule has 0 aliphatic carbocycles. The van der Waals surface area contributed by atoms with Gasteiger partial charge < -0.3 is 9.73 Å².